The maximum absolute atomic E-state index is 14.8. The number of hydrogen-bond donors (Lipinski definition) is 3. The fourth-order valence-corrected chi connectivity index (χ4v) is 4.83. The molecule has 5 rings (SSSR count). The second kappa shape index (κ2) is 11.5. The molecule has 212 valence electrons. The number of likely N-dealkylation sites (tertiary alicyclic amines) is 1. The monoisotopic (exact) mass is 564 g/mol. The molecule has 11 nitrogen and oxygen atoms in total. The number of amides is 2. The second-order valence-corrected chi connectivity index (χ2v) is 9.95. The summed E-state index contributed by atoms with van der Waals surface area (Å²) in [6.07, 6.45) is 1.77. The van der Waals surface area contributed by atoms with Crippen LogP contribution in [-0.2, 0) is 9.59 Å². The molecule has 0 radical (unpaired) electrons. The zero-order valence-electron chi connectivity index (χ0n) is 21.7. The highest BCUT2D eigenvalue weighted by molar-refractivity contribution is 5.94. The van der Waals surface area contributed by atoms with Crippen molar-refractivity contribution in [3.8, 4) is 23.1 Å². The Hall–Kier alpha value is -4.54. The third kappa shape index (κ3) is 6.13. The van der Waals surface area contributed by atoms with E-state index in [2.05, 4.69) is 20.3 Å². The van der Waals surface area contributed by atoms with Crippen LogP contribution in [0, 0.1) is 17.2 Å². The van der Waals surface area contributed by atoms with Crippen molar-refractivity contribution in [1.29, 1.82) is 5.26 Å². The van der Waals surface area contributed by atoms with E-state index in [1.54, 1.807) is 24.5 Å². The Morgan fingerprint density at radius 2 is 2.10 bits per heavy atom. The average molecular weight is 565 g/mol. The zero-order chi connectivity index (χ0) is 29.1. The number of piperidine rings is 1. The Labute approximate surface area is 233 Å². The molecule has 13 heteroatoms. The molecule has 1 aromatic carbocycles. The summed E-state index contributed by atoms with van der Waals surface area (Å²) in [4.78, 5) is 38.0. The third-order valence-corrected chi connectivity index (χ3v) is 7.13. The smallest absolute Gasteiger partial charge is 0.301 e. The summed E-state index contributed by atoms with van der Waals surface area (Å²) in [7, 11) is 0. The van der Waals surface area contributed by atoms with Crippen LogP contribution in [0.3, 0.4) is 0 Å². The number of anilines is 1. The van der Waals surface area contributed by atoms with Gasteiger partial charge in [-0.15, -0.1) is 0 Å². The second-order valence-electron chi connectivity index (χ2n) is 9.95. The zero-order valence-corrected chi connectivity index (χ0v) is 21.7. The number of nitrogens with zero attached hydrogens (tertiary/aromatic N) is 5. The summed E-state index contributed by atoms with van der Waals surface area (Å²) in [5.74, 6) is -4.50. The summed E-state index contributed by atoms with van der Waals surface area (Å²) < 4.78 is 35.2. The van der Waals surface area contributed by atoms with E-state index in [0.717, 1.165) is 10.5 Å². The molecule has 0 spiro atoms. The van der Waals surface area contributed by atoms with Crippen molar-refractivity contribution in [2.24, 2.45) is 5.92 Å². The largest absolute Gasteiger partial charge is 0.483 e. The number of nitrogens with one attached hydrogen (secondary N) is 1. The number of ether oxygens (including phenoxy) is 1. The van der Waals surface area contributed by atoms with Gasteiger partial charge in [-0.1, -0.05) is 6.07 Å². The number of aliphatic hydroxyl groups is 2. The molecule has 3 aromatic rings. The van der Waals surface area contributed by atoms with Crippen molar-refractivity contribution in [2.75, 3.05) is 25.0 Å². The van der Waals surface area contributed by atoms with E-state index in [9.17, 15) is 28.7 Å². The number of rotatable bonds is 8. The normalized spacial score (nSPS) is 21.8. The van der Waals surface area contributed by atoms with E-state index < -0.39 is 37.2 Å². The van der Waals surface area contributed by atoms with Gasteiger partial charge >= 0.3 is 5.92 Å². The van der Waals surface area contributed by atoms with Crippen molar-refractivity contribution in [3.63, 3.8) is 0 Å². The van der Waals surface area contributed by atoms with Gasteiger partial charge in [-0.3, -0.25) is 14.6 Å². The number of aliphatic hydroxyl groups excluding tert-OH is 2. The first-order chi connectivity index (χ1) is 19.7. The topological polar surface area (TPSA) is 162 Å². The van der Waals surface area contributed by atoms with Gasteiger partial charge in [-0.2, -0.15) is 5.26 Å². The Balaban J connectivity index is 1.25. The first-order valence-corrected chi connectivity index (χ1v) is 12.9. The summed E-state index contributed by atoms with van der Waals surface area (Å²) in [5, 5.41) is 30.9. The van der Waals surface area contributed by atoms with Gasteiger partial charge in [-0.05, 0) is 42.2 Å². The number of nitriles is 1. The van der Waals surface area contributed by atoms with Gasteiger partial charge < -0.3 is 25.2 Å². The average Bonchev–Trinajstić information content (AvgIpc) is 3.79. The molecule has 2 amide bonds. The van der Waals surface area contributed by atoms with E-state index >= 15 is 0 Å². The predicted molar refractivity (Wildman–Crippen MR) is 140 cm³/mol. The lowest BCUT2D eigenvalue weighted by molar-refractivity contribution is -0.167. The van der Waals surface area contributed by atoms with Crippen molar-refractivity contribution in [1.82, 2.24) is 19.9 Å². The molecular formula is C28H26F2N6O5. The number of carbonyl (C=O) groups is 2. The lowest BCUT2D eigenvalue weighted by Crippen LogP contribution is -2.57. The van der Waals surface area contributed by atoms with E-state index in [0.29, 0.717) is 17.7 Å². The maximum Gasteiger partial charge on any atom is 0.301 e. The highest BCUT2D eigenvalue weighted by Gasteiger charge is 2.48. The molecule has 2 fully saturated rings. The van der Waals surface area contributed by atoms with Crippen molar-refractivity contribution < 1.29 is 33.3 Å². The number of benzene rings is 1. The van der Waals surface area contributed by atoms with E-state index in [-0.39, 0.29) is 47.8 Å². The number of alkyl halides is 2. The predicted octanol–water partition coefficient (Wildman–Crippen LogP) is 2.12. The number of hydrogen-bond acceptors (Lipinski definition) is 9. The van der Waals surface area contributed by atoms with Gasteiger partial charge in [-0.25, -0.2) is 18.7 Å². The van der Waals surface area contributed by atoms with Gasteiger partial charge in [0.2, 0.25) is 5.91 Å². The van der Waals surface area contributed by atoms with E-state index in [1.165, 1.54) is 18.5 Å². The molecule has 41 heavy (non-hydrogen) atoms. The lowest BCUT2D eigenvalue weighted by atomic mass is 10.0. The molecule has 2 aromatic heterocycles. The molecular weight excluding hydrogens is 538 g/mol. The minimum absolute atomic E-state index is 0.00556. The van der Waals surface area contributed by atoms with Crippen LogP contribution >= 0.6 is 0 Å². The fraction of sp³-hybridized carbons (Fsp3) is 0.357. The Bertz CT molecular complexity index is 1480. The minimum Gasteiger partial charge on any atom is -0.483 e. The van der Waals surface area contributed by atoms with Gasteiger partial charge in [0.15, 0.2) is 12.2 Å². The Morgan fingerprint density at radius 3 is 2.80 bits per heavy atom. The van der Waals surface area contributed by atoms with Gasteiger partial charge in [0.1, 0.15) is 24.0 Å². The van der Waals surface area contributed by atoms with Gasteiger partial charge in [0.05, 0.1) is 24.4 Å². The SMILES string of the molecule is N#Cc1cc(-c2cc(NC(=O)C3C[C@@H]3c3cccnc3)ncn2)ccc1O[C@H]1CCN(C(=O)[C@@H](O)CO)CC1(F)F. The Kier molecular flexibility index (Phi) is 7.87. The van der Waals surface area contributed by atoms with E-state index in [1.807, 2.05) is 18.2 Å². The fourth-order valence-electron chi connectivity index (χ4n) is 4.83. The van der Waals surface area contributed by atoms with Crippen LogP contribution in [0.5, 0.6) is 5.75 Å². The van der Waals surface area contributed by atoms with Crippen LogP contribution in [-0.4, -0.2) is 79.7 Å². The number of halogens is 2. The maximum atomic E-state index is 14.8. The first kappa shape index (κ1) is 28.0. The molecule has 3 N–H and O–H groups in total. The number of aromatic nitrogens is 3. The molecule has 2 aliphatic rings. The van der Waals surface area contributed by atoms with Crippen molar-refractivity contribution in [2.45, 2.75) is 36.9 Å². The highest BCUT2D eigenvalue weighted by atomic mass is 19.3. The number of carbonyl (C=O) groups excluding carboxylic acids is 2. The van der Waals surface area contributed by atoms with Crippen LogP contribution in [0.25, 0.3) is 11.3 Å². The summed E-state index contributed by atoms with van der Waals surface area (Å²) in [5.41, 5.74) is 1.88. The summed E-state index contributed by atoms with van der Waals surface area (Å²) in [6.45, 7) is -1.98. The van der Waals surface area contributed by atoms with Crippen LogP contribution in [0.1, 0.15) is 29.9 Å². The lowest BCUT2D eigenvalue weighted by Gasteiger charge is -2.38. The summed E-state index contributed by atoms with van der Waals surface area (Å²) in [6, 6.07) is 11.6. The molecule has 1 saturated carbocycles. The van der Waals surface area contributed by atoms with Crippen LogP contribution in [0.4, 0.5) is 14.6 Å². The number of pyridine rings is 1. The molecule has 3 heterocycles. The highest BCUT2D eigenvalue weighted by Crippen LogP contribution is 2.47. The third-order valence-electron chi connectivity index (χ3n) is 7.13. The summed E-state index contributed by atoms with van der Waals surface area (Å²) >= 11 is 0. The van der Waals surface area contributed by atoms with Crippen LogP contribution in [0.15, 0.2) is 55.1 Å². The van der Waals surface area contributed by atoms with E-state index in [4.69, 9.17) is 9.84 Å². The van der Waals surface area contributed by atoms with Crippen LogP contribution < -0.4 is 10.1 Å². The van der Waals surface area contributed by atoms with Crippen molar-refractivity contribution >= 4 is 17.6 Å². The molecule has 1 unspecified atom stereocenters. The van der Waals surface area contributed by atoms with Crippen molar-refractivity contribution in [3.05, 3.63) is 66.2 Å². The van der Waals surface area contributed by atoms with Gasteiger partial charge in [0.25, 0.3) is 5.91 Å². The van der Waals surface area contributed by atoms with Crippen LogP contribution in [0.2, 0.25) is 0 Å². The Morgan fingerprint density at radius 1 is 1.27 bits per heavy atom. The standard InChI is InChI=1S/C28H26F2N6O5/c29-28(30)14-36(27(40)22(38)13-37)7-5-24(28)41-23-4-3-16(8-18(23)11-31)21-10-25(34-15-33-21)35-26(39)20-9-19(20)17-2-1-6-32-12-17/h1-4,6,8,10,12,15,19-20,22,24,37-38H,5,7,9,13-14H2,(H,33,34,35,39)/t19-,20?,22+,24+/m1/s1. The first-order valence-electron chi connectivity index (χ1n) is 12.9. The van der Waals surface area contributed by atoms with Gasteiger partial charge in [0, 0.05) is 42.9 Å². The molecule has 4 atom stereocenters. The molecule has 1 saturated heterocycles. The quantitative estimate of drug-likeness (QED) is 0.372. The molecule has 1 aliphatic heterocycles. The molecule has 0 bridgehead atoms. The molecule has 1 aliphatic carbocycles. The minimum atomic E-state index is -3.47.